The minimum Gasteiger partial charge on any atom is -0.465 e. The van der Waals surface area contributed by atoms with Crippen molar-refractivity contribution in [3.63, 3.8) is 0 Å². The molecule has 3 rings (SSSR count). The van der Waals surface area contributed by atoms with Gasteiger partial charge in [0.25, 0.3) is 0 Å². The largest absolute Gasteiger partial charge is 0.465 e. The molecule has 1 unspecified atom stereocenters. The lowest BCUT2D eigenvalue weighted by atomic mass is 9.79. The van der Waals surface area contributed by atoms with Gasteiger partial charge < -0.3 is 14.7 Å². The summed E-state index contributed by atoms with van der Waals surface area (Å²) in [6, 6.07) is 0.160. The number of aromatic nitrogens is 2. The molecule has 1 aromatic rings. The van der Waals surface area contributed by atoms with E-state index < -0.39 is 6.09 Å². The van der Waals surface area contributed by atoms with E-state index in [1.165, 1.54) is 5.69 Å². The highest BCUT2D eigenvalue weighted by molar-refractivity contribution is 9.10. The Morgan fingerprint density at radius 1 is 1.35 bits per heavy atom. The van der Waals surface area contributed by atoms with Gasteiger partial charge in [0.05, 0.1) is 12.1 Å². The summed E-state index contributed by atoms with van der Waals surface area (Å²) in [5.41, 5.74) is 2.03. The number of carboxylic acid groups (broad SMARTS) is 1. The summed E-state index contributed by atoms with van der Waals surface area (Å²) in [5, 5.41) is 14.3. The molecule has 1 saturated heterocycles. The van der Waals surface area contributed by atoms with Crippen LogP contribution in [0.3, 0.4) is 0 Å². The van der Waals surface area contributed by atoms with Crippen molar-refractivity contribution in [1.29, 1.82) is 0 Å². The summed E-state index contributed by atoms with van der Waals surface area (Å²) >= 11 is 3.60. The van der Waals surface area contributed by atoms with Gasteiger partial charge in [-0.25, -0.2) is 4.79 Å². The van der Waals surface area contributed by atoms with Crippen LogP contribution < -0.4 is 0 Å². The third kappa shape index (κ3) is 3.01. The van der Waals surface area contributed by atoms with Gasteiger partial charge in [-0.3, -0.25) is 4.68 Å². The molecule has 0 bridgehead atoms. The van der Waals surface area contributed by atoms with E-state index in [4.69, 9.17) is 9.84 Å². The molecule has 1 N–H and O–H groups in total. The van der Waals surface area contributed by atoms with Crippen molar-refractivity contribution >= 4 is 22.0 Å². The highest BCUT2D eigenvalue weighted by atomic mass is 79.9. The lowest BCUT2D eigenvalue weighted by Crippen LogP contribution is -2.45. The van der Waals surface area contributed by atoms with Gasteiger partial charge in [0, 0.05) is 37.4 Å². The third-order valence-corrected chi connectivity index (χ3v) is 5.37. The Bertz CT molecular complexity index is 602. The first kappa shape index (κ1) is 16.8. The Morgan fingerprint density at radius 3 is 2.57 bits per heavy atom. The van der Waals surface area contributed by atoms with E-state index in [1.54, 1.807) is 4.90 Å². The monoisotopic (exact) mass is 385 g/mol. The number of nitrogens with zero attached hydrogens (tertiary/aromatic N) is 3. The first-order valence-corrected chi connectivity index (χ1v) is 8.94. The molecule has 0 spiro atoms. The lowest BCUT2D eigenvalue weighted by molar-refractivity contribution is 0.0617. The maximum Gasteiger partial charge on any atom is 0.407 e. The maximum absolute atomic E-state index is 11.7. The predicted molar refractivity (Wildman–Crippen MR) is 89.6 cm³/mol. The van der Waals surface area contributed by atoms with Crippen LogP contribution in [0.4, 0.5) is 4.79 Å². The molecule has 7 heteroatoms. The fourth-order valence-corrected chi connectivity index (χ4v) is 4.44. The number of hydrogen-bond acceptors (Lipinski definition) is 3. The van der Waals surface area contributed by atoms with E-state index in [-0.39, 0.29) is 11.5 Å². The smallest absolute Gasteiger partial charge is 0.407 e. The Balaban J connectivity index is 2.06. The van der Waals surface area contributed by atoms with Crippen LogP contribution in [-0.2, 0) is 11.2 Å². The molecule has 2 aliphatic rings. The van der Waals surface area contributed by atoms with Gasteiger partial charge in [-0.05, 0) is 34.2 Å². The standard InChI is InChI=1S/C16H24BrN3O3/c1-16(2,3)13-12-11(4-7-19(13)15(21)22)20(18-14(12)17)10-5-8-23-9-6-10/h10,13H,4-9H2,1-3H3,(H,21,22). The molecule has 1 amide bonds. The van der Waals surface area contributed by atoms with Crippen molar-refractivity contribution in [2.45, 2.75) is 52.1 Å². The quantitative estimate of drug-likeness (QED) is 0.801. The molecule has 128 valence electrons. The van der Waals surface area contributed by atoms with Crippen molar-refractivity contribution in [2.24, 2.45) is 5.41 Å². The molecule has 0 radical (unpaired) electrons. The van der Waals surface area contributed by atoms with Gasteiger partial charge in [0.15, 0.2) is 0 Å². The maximum atomic E-state index is 11.7. The summed E-state index contributed by atoms with van der Waals surface area (Å²) in [5.74, 6) is 0. The van der Waals surface area contributed by atoms with Crippen LogP contribution in [0, 0.1) is 5.41 Å². The molecule has 23 heavy (non-hydrogen) atoms. The highest BCUT2D eigenvalue weighted by Gasteiger charge is 2.42. The van der Waals surface area contributed by atoms with E-state index in [0.717, 1.165) is 36.2 Å². The molecular formula is C16H24BrN3O3. The third-order valence-electron chi connectivity index (χ3n) is 4.78. The van der Waals surface area contributed by atoms with Crippen molar-refractivity contribution in [2.75, 3.05) is 19.8 Å². The number of carbonyl (C=O) groups is 1. The van der Waals surface area contributed by atoms with Crippen LogP contribution >= 0.6 is 15.9 Å². The second kappa shape index (κ2) is 6.09. The average molecular weight is 386 g/mol. The summed E-state index contributed by atoms with van der Waals surface area (Å²) in [4.78, 5) is 13.3. The van der Waals surface area contributed by atoms with Gasteiger partial charge in [-0.1, -0.05) is 20.8 Å². The summed E-state index contributed by atoms with van der Waals surface area (Å²) < 4.78 is 8.36. The molecule has 2 aliphatic heterocycles. The SMILES string of the molecule is CC(C)(C)C1c2c(Br)nn(C3CCOCC3)c2CCN1C(=O)O. The predicted octanol–water partition coefficient (Wildman–Crippen LogP) is 3.62. The number of hydrogen-bond donors (Lipinski definition) is 1. The zero-order chi connectivity index (χ0) is 16.8. The Kier molecular flexibility index (Phi) is 4.44. The van der Waals surface area contributed by atoms with Crippen molar-refractivity contribution in [3.8, 4) is 0 Å². The fourth-order valence-electron chi connectivity index (χ4n) is 3.82. The number of halogens is 1. The van der Waals surface area contributed by atoms with E-state index in [2.05, 4.69) is 41.4 Å². The van der Waals surface area contributed by atoms with Gasteiger partial charge >= 0.3 is 6.09 Å². The molecule has 0 saturated carbocycles. The van der Waals surface area contributed by atoms with Crippen LogP contribution in [0.1, 0.15) is 57.0 Å². The molecule has 1 aromatic heterocycles. The number of fused-ring (bicyclic) bond motifs is 1. The van der Waals surface area contributed by atoms with Crippen molar-refractivity contribution < 1.29 is 14.6 Å². The van der Waals surface area contributed by atoms with E-state index >= 15 is 0 Å². The molecule has 3 heterocycles. The van der Waals surface area contributed by atoms with Crippen LogP contribution in [0.5, 0.6) is 0 Å². The molecule has 1 fully saturated rings. The Morgan fingerprint density at radius 2 is 2.00 bits per heavy atom. The van der Waals surface area contributed by atoms with E-state index in [0.29, 0.717) is 19.0 Å². The zero-order valence-corrected chi connectivity index (χ0v) is 15.5. The zero-order valence-electron chi connectivity index (χ0n) is 13.9. The molecule has 0 aromatic carbocycles. The van der Waals surface area contributed by atoms with E-state index in [1.807, 2.05) is 0 Å². The summed E-state index contributed by atoms with van der Waals surface area (Å²) in [6.07, 6.45) is 1.78. The molecule has 1 atom stereocenters. The van der Waals surface area contributed by atoms with E-state index in [9.17, 15) is 9.90 Å². The average Bonchev–Trinajstić information content (AvgIpc) is 2.83. The van der Waals surface area contributed by atoms with Gasteiger partial charge in [0.2, 0.25) is 0 Å². The summed E-state index contributed by atoms with van der Waals surface area (Å²) in [6.45, 7) is 8.30. The van der Waals surface area contributed by atoms with Crippen LogP contribution in [0.25, 0.3) is 0 Å². The number of amides is 1. The first-order chi connectivity index (χ1) is 10.8. The fraction of sp³-hybridized carbons (Fsp3) is 0.750. The summed E-state index contributed by atoms with van der Waals surface area (Å²) in [7, 11) is 0. The highest BCUT2D eigenvalue weighted by Crippen LogP contribution is 2.46. The Labute approximate surface area is 144 Å². The van der Waals surface area contributed by atoms with Crippen LogP contribution in [0.2, 0.25) is 0 Å². The minimum absolute atomic E-state index is 0.188. The minimum atomic E-state index is -0.860. The normalized spacial score (nSPS) is 23.0. The number of rotatable bonds is 1. The van der Waals surface area contributed by atoms with Crippen molar-refractivity contribution in [1.82, 2.24) is 14.7 Å². The number of ether oxygens (including phenoxy) is 1. The second-order valence-electron chi connectivity index (χ2n) is 7.43. The topological polar surface area (TPSA) is 67.6 Å². The molecule has 0 aliphatic carbocycles. The van der Waals surface area contributed by atoms with Gasteiger partial charge in [-0.2, -0.15) is 5.10 Å². The Hall–Kier alpha value is -1.08. The molecule has 6 nitrogen and oxygen atoms in total. The van der Waals surface area contributed by atoms with Gasteiger partial charge in [0.1, 0.15) is 4.60 Å². The van der Waals surface area contributed by atoms with Gasteiger partial charge in [-0.15, -0.1) is 0 Å². The lowest BCUT2D eigenvalue weighted by Gasteiger charge is -2.42. The van der Waals surface area contributed by atoms with Crippen LogP contribution in [-0.4, -0.2) is 45.6 Å². The molecular weight excluding hydrogens is 362 g/mol. The first-order valence-electron chi connectivity index (χ1n) is 8.14. The second-order valence-corrected chi connectivity index (χ2v) is 8.18. The van der Waals surface area contributed by atoms with Crippen LogP contribution in [0.15, 0.2) is 4.60 Å². The van der Waals surface area contributed by atoms with Crippen molar-refractivity contribution in [3.05, 3.63) is 15.9 Å².